The topological polar surface area (TPSA) is 73.3 Å². The second-order valence-electron chi connectivity index (χ2n) is 7.28. The van der Waals surface area contributed by atoms with Gasteiger partial charge in [-0.2, -0.15) is 0 Å². The molecule has 6 nitrogen and oxygen atoms in total. The molecule has 2 heterocycles. The zero-order valence-electron chi connectivity index (χ0n) is 17.7. The number of methoxy groups -OCH3 is 1. The molecule has 4 rings (SSSR count). The number of carbonyl (C=O) groups excluding carboxylic acids is 1. The molecule has 6 heteroatoms. The summed E-state index contributed by atoms with van der Waals surface area (Å²) >= 11 is 0. The summed E-state index contributed by atoms with van der Waals surface area (Å²) in [6.45, 7) is 4.23. The molecular weight excluding hydrogens is 390 g/mol. The fraction of sp³-hybridized carbons (Fsp3) is 0.160. The van der Waals surface area contributed by atoms with E-state index in [1.165, 1.54) is 0 Å². The molecule has 0 aliphatic rings. The van der Waals surface area contributed by atoms with Crippen LogP contribution in [0.25, 0.3) is 10.9 Å². The lowest BCUT2D eigenvalue weighted by molar-refractivity contribution is 0.0950. The number of ether oxygens (including phenoxy) is 2. The highest BCUT2D eigenvalue weighted by molar-refractivity contribution is 5.98. The molecule has 1 amide bonds. The molecule has 0 aliphatic carbocycles. The first-order valence-corrected chi connectivity index (χ1v) is 9.95. The summed E-state index contributed by atoms with van der Waals surface area (Å²) in [4.78, 5) is 21.6. The molecule has 156 valence electrons. The Labute approximate surface area is 180 Å². The highest BCUT2D eigenvalue weighted by atomic mass is 16.5. The number of hydrogen-bond donors (Lipinski definition) is 1. The summed E-state index contributed by atoms with van der Waals surface area (Å²) in [7, 11) is 1.62. The zero-order chi connectivity index (χ0) is 21.8. The maximum absolute atomic E-state index is 12.7. The molecule has 0 saturated heterocycles. The van der Waals surface area contributed by atoms with E-state index in [2.05, 4.69) is 15.3 Å². The number of aromatic nitrogens is 2. The molecule has 0 saturated carbocycles. The Morgan fingerprint density at radius 2 is 1.74 bits per heavy atom. The molecule has 1 N–H and O–H groups in total. The van der Waals surface area contributed by atoms with Crippen molar-refractivity contribution in [2.24, 2.45) is 0 Å². The monoisotopic (exact) mass is 413 g/mol. The minimum Gasteiger partial charge on any atom is -0.497 e. The Balaban J connectivity index is 1.40. The van der Waals surface area contributed by atoms with E-state index in [9.17, 15) is 4.79 Å². The lowest BCUT2D eigenvalue weighted by Gasteiger charge is -2.10. The zero-order valence-corrected chi connectivity index (χ0v) is 17.7. The largest absolute Gasteiger partial charge is 0.497 e. The van der Waals surface area contributed by atoms with Crippen molar-refractivity contribution >= 4 is 16.8 Å². The minimum atomic E-state index is -0.160. The van der Waals surface area contributed by atoms with E-state index in [1.807, 2.05) is 68.4 Å². The summed E-state index contributed by atoms with van der Waals surface area (Å²) in [5.41, 5.74) is 4.17. The molecule has 2 aromatic carbocycles. The number of nitrogens with zero attached hydrogens (tertiary/aromatic N) is 2. The number of hydrogen-bond acceptors (Lipinski definition) is 5. The van der Waals surface area contributed by atoms with E-state index < -0.39 is 0 Å². The fourth-order valence-corrected chi connectivity index (χ4v) is 3.24. The van der Waals surface area contributed by atoms with Crippen LogP contribution in [0.1, 0.15) is 27.2 Å². The van der Waals surface area contributed by atoms with Gasteiger partial charge in [0, 0.05) is 24.2 Å². The van der Waals surface area contributed by atoms with Gasteiger partial charge in [0.05, 0.1) is 23.9 Å². The van der Waals surface area contributed by atoms with Crippen LogP contribution in [0.2, 0.25) is 0 Å². The van der Waals surface area contributed by atoms with E-state index in [-0.39, 0.29) is 5.91 Å². The summed E-state index contributed by atoms with van der Waals surface area (Å²) in [5.74, 6) is 1.75. The first-order valence-electron chi connectivity index (χ1n) is 9.95. The Morgan fingerprint density at radius 3 is 2.45 bits per heavy atom. The molecule has 0 unspecified atom stereocenters. The standard InChI is InChI=1S/C25H23N3O3/c1-16-4-10-23-19(12-16)13-22(17(2)28-23)25(29)27-15-18-5-11-24(26-14-18)31-21-8-6-20(30-3)7-9-21/h4-14H,15H2,1-3H3,(H,27,29). The number of aryl methyl sites for hydroxylation is 2. The Kier molecular flexibility index (Phi) is 5.80. The van der Waals surface area contributed by atoms with Crippen molar-refractivity contribution in [2.45, 2.75) is 20.4 Å². The fourth-order valence-electron chi connectivity index (χ4n) is 3.24. The number of nitrogens with one attached hydrogen (secondary N) is 1. The molecule has 2 aromatic heterocycles. The summed E-state index contributed by atoms with van der Waals surface area (Å²) in [6, 6.07) is 18.8. The maximum Gasteiger partial charge on any atom is 0.253 e. The third-order valence-electron chi connectivity index (χ3n) is 4.94. The molecule has 31 heavy (non-hydrogen) atoms. The molecule has 0 bridgehead atoms. The van der Waals surface area contributed by atoms with Gasteiger partial charge in [0.2, 0.25) is 5.88 Å². The average molecular weight is 413 g/mol. The average Bonchev–Trinajstić information content (AvgIpc) is 2.79. The predicted octanol–water partition coefficient (Wildman–Crippen LogP) is 4.98. The van der Waals surface area contributed by atoms with Gasteiger partial charge < -0.3 is 14.8 Å². The molecule has 4 aromatic rings. The smallest absolute Gasteiger partial charge is 0.253 e. The van der Waals surface area contributed by atoms with Gasteiger partial charge in [0.1, 0.15) is 11.5 Å². The number of amides is 1. The Hall–Kier alpha value is -3.93. The van der Waals surface area contributed by atoms with Crippen LogP contribution in [0.3, 0.4) is 0 Å². The molecular formula is C25H23N3O3. The van der Waals surface area contributed by atoms with Crippen LogP contribution in [0, 0.1) is 13.8 Å². The van der Waals surface area contributed by atoms with E-state index in [0.29, 0.717) is 29.4 Å². The normalized spacial score (nSPS) is 10.7. The number of fused-ring (bicyclic) bond motifs is 1. The number of rotatable bonds is 6. The van der Waals surface area contributed by atoms with Crippen molar-refractivity contribution in [3.8, 4) is 17.4 Å². The second kappa shape index (κ2) is 8.83. The van der Waals surface area contributed by atoms with Crippen LogP contribution in [-0.4, -0.2) is 23.0 Å². The maximum atomic E-state index is 12.7. The van der Waals surface area contributed by atoms with Gasteiger partial charge in [-0.25, -0.2) is 4.98 Å². The number of carbonyl (C=O) groups is 1. The summed E-state index contributed by atoms with van der Waals surface area (Å²) < 4.78 is 10.9. The Morgan fingerprint density at radius 1 is 0.968 bits per heavy atom. The summed E-state index contributed by atoms with van der Waals surface area (Å²) in [5, 5.41) is 3.90. The van der Waals surface area contributed by atoms with Crippen molar-refractivity contribution in [3.05, 3.63) is 89.2 Å². The minimum absolute atomic E-state index is 0.160. The molecule has 0 atom stereocenters. The van der Waals surface area contributed by atoms with Crippen LogP contribution in [-0.2, 0) is 6.54 Å². The van der Waals surface area contributed by atoms with Crippen molar-refractivity contribution in [1.82, 2.24) is 15.3 Å². The molecule has 0 fully saturated rings. The lowest BCUT2D eigenvalue weighted by atomic mass is 10.1. The van der Waals surface area contributed by atoms with Gasteiger partial charge in [-0.15, -0.1) is 0 Å². The third-order valence-corrected chi connectivity index (χ3v) is 4.94. The lowest BCUT2D eigenvalue weighted by Crippen LogP contribution is -2.24. The van der Waals surface area contributed by atoms with E-state index in [0.717, 1.165) is 27.8 Å². The highest BCUT2D eigenvalue weighted by Crippen LogP contribution is 2.22. The third kappa shape index (κ3) is 4.80. The SMILES string of the molecule is COc1ccc(Oc2ccc(CNC(=O)c3cc4cc(C)ccc4nc3C)cn2)cc1. The molecule has 0 radical (unpaired) electrons. The first-order chi connectivity index (χ1) is 15.0. The Bertz CT molecular complexity index is 1220. The summed E-state index contributed by atoms with van der Waals surface area (Å²) in [6.07, 6.45) is 1.69. The van der Waals surface area contributed by atoms with Crippen LogP contribution >= 0.6 is 0 Å². The van der Waals surface area contributed by atoms with Crippen LogP contribution in [0.15, 0.2) is 66.9 Å². The van der Waals surface area contributed by atoms with Gasteiger partial charge in [0.15, 0.2) is 0 Å². The van der Waals surface area contributed by atoms with Crippen LogP contribution < -0.4 is 14.8 Å². The molecule has 0 aliphatic heterocycles. The first kappa shape index (κ1) is 20.3. The van der Waals surface area contributed by atoms with E-state index >= 15 is 0 Å². The number of benzene rings is 2. The van der Waals surface area contributed by atoms with E-state index in [1.54, 1.807) is 19.4 Å². The van der Waals surface area contributed by atoms with E-state index in [4.69, 9.17) is 9.47 Å². The van der Waals surface area contributed by atoms with Gasteiger partial charge in [-0.3, -0.25) is 9.78 Å². The predicted molar refractivity (Wildman–Crippen MR) is 120 cm³/mol. The van der Waals surface area contributed by atoms with Crippen molar-refractivity contribution in [1.29, 1.82) is 0 Å². The van der Waals surface area contributed by atoms with Gasteiger partial charge in [0.25, 0.3) is 5.91 Å². The van der Waals surface area contributed by atoms with Crippen molar-refractivity contribution < 1.29 is 14.3 Å². The van der Waals surface area contributed by atoms with Crippen molar-refractivity contribution in [3.63, 3.8) is 0 Å². The van der Waals surface area contributed by atoms with Gasteiger partial charge in [-0.05, 0) is 61.9 Å². The second-order valence-corrected chi connectivity index (χ2v) is 7.28. The quantitative estimate of drug-likeness (QED) is 0.483. The van der Waals surface area contributed by atoms with Crippen LogP contribution in [0.5, 0.6) is 17.4 Å². The van der Waals surface area contributed by atoms with Crippen molar-refractivity contribution in [2.75, 3.05) is 7.11 Å². The van der Waals surface area contributed by atoms with Crippen LogP contribution in [0.4, 0.5) is 0 Å². The molecule has 0 spiro atoms. The van der Waals surface area contributed by atoms with Gasteiger partial charge in [-0.1, -0.05) is 17.7 Å². The highest BCUT2D eigenvalue weighted by Gasteiger charge is 2.12. The van der Waals surface area contributed by atoms with Gasteiger partial charge >= 0.3 is 0 Å². The number of pyridine rings is 2.